The molecule has 1 aromatic heterocycles. The van der Waals surface area contributed by atoms with Crippen LogP contribution in [-0.2, 0) is 0 Å². The Bertz CT molecular complexity index is 935. The summed E-state index contributed by atoms with van der Waals surface area (Å²) >= 11 is 0. The van der Waals surface area contributed by atoms with Gasteiger partial charge in [-0.25, -0.2) is 0 Å². The SMILES string of the molecule is COc1cccc(C(CNC(=O)c2ccc(-c3nc(C)no3)cc2)N(C)C)c1. The second-order valence-electron chi connectivity index (χ2n) is 6.69. The Balaban J connectivity index is 1.67. The molecule has 2 aromatic carbocycles. The molecule has 1 N–H and O–H groups in total. The molecule has 0 aliphatic rings. The zero-order valence-electron chi connectivity index (χ0n) is 16.5. The van der Waals surface area contributed by atoms with Crippen LogP contribution in [0.4, 0.5) is 0 Å². The number of hydrogen-bond donors (Lipinski definition) is 1. The van der Waals surface area contributed by atoms with Gasteiger partial charge < -0.3 is 19.5 Å². The van der Waals surface area contributed by atoms with Crippen molar-refractivity contribution in [2.24, 2.45) is 0 Å². The van der Waals surface area contributed by atoms with Crippen LogP contribution >= 0.6 is 0 Å². The summed E-state index contributed by atoms with van der Waals surface area (Å²) < 4.78 is 10.5. The summed E-state index contributed by atoms with van der Waals surface area (Å²) in [6.07, 6.45) is 0. The van der Waals surface area contributed by atoms with Crippen LogP contribution in [0.25, 0.3) is 11.5 Å². The van der Waals surface area contributed by atoms with Gasteiger partial charge >= 0.3 is 0 Å². The number of benzene rings is 2. The molecule has 0 spiro atoms. The Kier molecular flexibility index (Phi) is 6.06. The molecule has 3 aromatic rings. The number of aryl methyl sites for hydroxylation is 1. The number of rotatable bonds is 7. The van der Waals surface area contributed by atoms with Crippen LogP contribution in [0.3, 0.4) is 0 Å². The van der Waals surface area contributed by atoms with E-state index in [0.717, 1.165) is 16.9 Å². The number of methoxy groups -OCH3 is 1. The third-order valence-electron chi connectivity index (χ3n) is 4.48. The van der Waals surface area contributed by atoms with Crippen LogP contribution in [0, 0.1) is 6.92 Å². The summed E-state index contributed by atoms with van der Waals surface area (Å²) in [5.41, 5.74) is 2.43. The Hall–Kier alpha value is -3.19. The minimum Gasteiger partial charge on any atom is -0.497 e. The smallest absolute Gasteiger partial charge is 0.257 e. The second kappa shape index (κ2) is 8.67. The van der Waals surface area contributed by atoms with Crippen molar-refractivity contribution in [3.63, 3.8) is 0 Å². The van der Waals surface area contributed by atoms with Gasteiger partial charge in [-0.3, -0.25) is 4.79 Å². The minimum absolute atomic E-state index is 0.0275. The lowest BCUT2D eigenvalue weighted by Crippen LogP contribution is -2.34. The average molecular weight is 380 g/mol. The number of carbonyl (C=O) groups excluding carboxylic acids is 1. The number of hydrogen-bond acceptors (Lipinski definition) is 6. The molecular formula is C21H24N4O3. The number of nitrogens with zero attached hydrogens (tertiary/aromatic N) is 3. The van der Waals surface area contributed by atoms with Gasteiger partial charge in [0, 0.05) is 17.7 Å². The topological polar surface area (TPSA) is 80.5 Å². The van der Waals surface area contributed by atoms with Crippen molar-refractivity contribution in [1.82, 2.24) is 20.4 Å². The number of amides is 1. The maximum atomic E-state index is 12.6. The Morgan fingerprint density at radius 2 is 1.96 bits per heavy atom. The van der Waals surface area contributed by atoms with Gasteiger partial charge in [0.1, 0.15) is 5.75 Å². The first-order chi connectivity index (χ1) is 13.5. The molecule has 1 heterocycles. The molecule has 1 amide bonds. The molecular weight excluding hydrogens is 356 g/mol. The highest BCUT2D eigenvalue weighted by Crippen LogP contribution is 2.22. The summed E-state index contributed by atoms with van der Waals surface area (Å²) in [6, 6.07) is 15.0. The van der Waals surface area contributed by atoms with E-state index in [1.165, 1.54) is 0 Å². The lowest BCUT2D eigenvalue weighted by Gasteiger charge is -2.25. The van der Waals surface area contributed by atoms with Crippen LogP contribution in [0.5, 0.6) is 5.75 Å². The predicted molar refractivity (Wildman–Crippen MR) is 106 cm³/mol. The predicted octanol–water partition coefficient (Wildman–Crippen LogP) is 3.09. The monoisotopic (exact) mass is 380 g/mol. The van der Waals surface area contributed by atoms with Gasteiger partial charge in [0.2, 0.25) is 0 Å². The molecule has 28 heavy (non-hydrogen) atoms. The van der Waals surface area contributed by atoms with E-state index in [4.69, 9.17) is 9.26 Å². The van der Waals surface area contributed by atoms with Gasteiger partial charge in [-0.2, -0.15) is 4.98 Å². The standard InChI is InChI=1S/C21H24N4O3/c1-14-23-21(28-24-14)16-10-8-15(9-11-16)20(26)22-13-19(25(2)3)17-6-5-7-18(12-17)27-4/h5-12,19H,13H2,1-4H3,(H,22,26). The van der Waals surface area contributed by atoms with Crippen molar-refractivity contribution in [1.29, 1.82) is 0 Å². The molecule has 7 heteroatoms. The number of aromatic nitrogens is 2. The van der Waals surface area contributed by atoms with Crippen LogP contribution in [-0.4, -0.2) is 48.7 Å². The lowest BCUT2D eigenvalue weighted by molar-refractivity contribution is 0.0942. The zero-order chi connectivity index (χ0) is 20.1. The van der Waals surface area contributed by atoms with Crippen molar-refractivity contribution >= 4 is 5.91 Å². The number of carbonyl (C=O) groups is 1. The van der Waals surface area contributed by atoms with Crippen LogP contribution in [0.15, 0.2) is 53.1 Å². The molecule has 0 bridgehead atoms. The second-order valence-corrected chi connectivity index (χ2v) is 6.69. The highest BCUT2D eigenvalue weighted by Gasteiger charge is 2.17. The van der Waals surface area contributed by atoms with Gasteiger partial charge in [-0.1, -0.05) is 17.3 Å². The maximum absolute atomic E-state index is 12.6. The highest BCUT2D eigenvalue weighted by molar-refractivity contribution is 5.94. The highest BCUT2D eigenvalue weighted by atomic mass is 16.5. The number of likely N-dealkylation sites (N-methyl/N-ethyl adjacent to an activating group) is 1. The molecule has 0 saturated carbocycles. The van der Waals surface area contributed by atoms with E-state index in [9.17, 15) is 4.79 Å². The fraction of sp³-hybridized carbons (Fsp3) is 0.286. The first-order valence-electron chi connectivity index (χ1n) is 8.97. The molecule has 1 atom stereocenters. The van der Waals surface area contributed by atoms with Crippen molar-refractivity contribution in [3.05, 3.63) is 65.5 Å². The third-order valence-corrected chi connectivity index (χ3v) is 4.48. The first-order valence-corrected chi connectivity index (χ1v) is 8.97. The van der Waals surface area contributed by atoms with E-state index in [1.54, 1.807) is 38.3 Å². The first kappa shape index (κ1) is 19.6. The van der Waals surface area contributed by atoms with Gasteiger partial charge in [-0.05, 0) is 63.0 Å². The molecule has 0 aliphatic carbocycles. The van der Waals surface area contributed by atoms with Crippen molar-refractivity contribution in [2.75, 3.05) is 27.7 Å². The van der Waals surface area contributed by atoms with E-state index in [0.29, 0.717) is 23.8 Å². The summed E-state index contributed by atoms with van der Waals surface area (Å²) in [5.74, 6) is 1.67. The molecule has 0 saturated heterocycles. The largest absolute Gasteiger partial charge is 0.497 e. The lowest BCUT2D eigenvalue weighted by atomic mass is 10.1. The summed E-state index contributed by atoms with van der Waals surface area (Å²) in [7, 11) is 5.61. The Morgan fingerprint density at radius 1 is 1.21 bits per heavy atom. The van der Waals surface area contributed by atoms with Gasteiger partial charge in [0.25, 0.3) is 11.8 Å². The molecule has 3 rings (SSSR count). The molecule has 0 fully saturated rings. The zero-order valence-corrected chi connectivity index (χ0v) is 16.5. The molecule has 0 radical (unpaired) electrons. The van der Waals surface area contributed by atoms with E-state index in [1.807, 2.05) is 38.4 Å². The fourth-order valence-electron chi connectivity index (χ4n) is 2.92. The van der Waals surface area contributed by atoms with Crippen LogP contribution < -0.4 is 10.1 Å². The third kappa shape index (κ3) is 4.55. The summed E-state index contributed by atoms with van der Waals surface area (Å²) in [4.78, 5) is 18.8. The molecule has 7 nitrogen and oxygen atoms in total. The summed E-state index contributed by atoms with van der Waals surface area (Å²) in [5, 5.41) is 6.78. The maximum Gasteiger partial charge on any atom is 0.257 e. The Morgan fingerprint density at radius 3 is 2.57 bits per heavy atom. The molecule has 0 aliphatic heterocycles. The normalized spacial score (nSPS) is 12.0. The number of ether oxygens (including phenoxy) is 1. The Labute approximate surface area is 164 Å². The summed E-state index contributed by atoms with van der Waals surface area (Å²) in [6.45, 7) is 2.24. The van der Waals surface area contributed by atoms with E-state index >= 15 is 0 Å². The van der Waals surface area contributed by atoms with Crippen molar-refractivity contribution in [2.45, 2.75) is 13.0 Å². The van der Waals surface area contributed by atoms with E-state index < -0.39 is 0 Å². The average Bonchev–Trinajstić information content (AvgIpc) is 3.14. The van der Waals surface area contributed by atoms with Crippen LogP contribution in [0.2, 0.25) is 0 Å². The number of nitrogens with one attached hydrogen (secondary N) is 1. The molecule has 1 unspecified atom stereocenters. The van der Waals surface area contributed by atoms with Gasteiger partial charge in [0.05, 0.1) is 13.2 Å². The quantitative estimate of drug-likeness (QED) is 0.678. The molecule has 146 valence electrons. The van der Waals surface area contributed by atoms with E-state index in [-0.39, 0.29) is 11.9 Å². The van der Waals surface area contributed by atoms with Crippen molar-refractivity contribution in [3.8, 4) is 17.2 Å². The van der Waals surface area contributed by atoms with E-state index in [2.05, 4.69) is 20.4 Å². The minimum atomic E-state index is -0.136. The van der Waals surface area contributed by atoms with Gasteiger partial charge in [0.15, 0.2) is 5.82 Å². The fourth-order valence-corrected chi connectivity index (χ4v) is 2.92. The van der Waals surface area contributed by atoms with Gasteiger partial charge in [-0.15, -0.1) is 0 Å². The van der Waals surface area contributed by atoms with Crippen molar-refractivity contribution < 1.29 is 14.1 Å². The van der Waals surface area contributed by atoms with Crippen LogP contribution in [0.1, 0.15) is 27.8 Å².